The fourth-order valence-electron chi connectivity index (χ4n) is 3.83. The Kier molecular flexibility index (Phi) is 9.19. The number of carbonyl (C=O) groups excluding carboxylic acids is 1. The van der Waals surface area contributed by atoms with Crippen molar-refractivity contribution in [2.24, 2.45) is 0 Å². The Labute approximate surface area is 226 Å². The molecule has 0 bridgehead atoms. The SMILES string of the molecule is O=C(Nc1ccccc1)OC1[C@@H](COP(=O)([O-])OP(=O)([O-])Cc2ccccc2)O[C@@H](n2ccc(=O)[nH]c2=O)[C@H]1O. The lowest BCUT2D eigenvalue weighted by Gasteiger charge is -2.32. The minimum absolute atomic E-state index is 0.273. The summed E-state index contributed by atoms with van der Waals surface area (Å²) in [5.74, 6) is 0. The van der Waals surface area contributed by atoms with Gasteiger partial charge in [-0.1, -0.05) is 48.5 Å². The van der Waals surface area contributed by atoms with Crippen LogP contribution in [-0.4, -0.2) is 45.7 Å². The van der Waals surface area contributed by atoms with Gasteiger partial charge in [0.15, 0.2) is 12.3 Å². The summed E-state index contributed by atoms with van der Waals surface area (Å²) in [6.07, 6.45) is -7.24. The molecule has 3 aromatic rings. The summed E-state index contributed by atoms with van der Waals surface area (Å²) in [7, 11) is -10.5. The fraction of sp³-hybridized carbons (Fsp3) is 0.261. The van der Waals surface area contributed by atoms with Crippen molar-refractivity contribution in [2.75, 3.05) is 11.9 Å². The van der Waals surface area contributed by atoms with Gasteiger partial charge in [-0.2, -0.15) is 0 Å². The average Bonchev–Trinajstić information content (AvgIpc) is 3.18. The van der Waals surface area contributed by atoms with Crippen molar-refractivity contribution in [3.8, 4) is 0 Å². The third-order valence-corrected chi connectivity index (χ3v) is 8.55. The van der Waals surface area contributed by atoms with Gasteiger partial charge in [0, 0.05) is 24.1 Å². The number of H-pyrrole nitrogens is 1. The van der Waals surface area contributed by atoms with E-state index in [0.29, 0.717) is 5.69 Å². The first kappa shape index (κ1) is 29.6. The van der Waals surface area contributed by atoms with E-state index < -0.39 is 70.1 Å². The summed E-state index contributed by atoms with van der Waals surface area (Å²) >= 11 is 0. The average molecular weight is 595 g/mol. The van der Waals surface area contributed by atoms with Crippen LogP contribution >= 0.6 is 15.4 Å². The molecule has 2 aromatic carbocycles. The summed E-state index contributed by atoms with van der Waals surface area (Å²) in [4.78, 5) is 62.8. The quantitative estimate of drug-likeness (QED) is 0.275. The van der Waals surface area contributed by atoms with Gasteiger partial charge in [-0.3, -0.25) is 28.5 Å². The molecule has 0 spiro atoms. The summed E-state index contributed by atoms with van der Waals surface area (Å²) in [5.41, 5.74) is -1.10. The normalized spacial score (nSPS) is 23.6. The first-order chi connectivity index (χ1) is 18.9. The van der Waals surface area contributed by atoms with E-state index >= 15 is 0 Å². The number of para-hydroxylation sites is 1. The number of nitrogens with one attached hydrogen (secondary N) is 2. The molecule has 3 unspecified atom stereocenters. The van der Waals surface area contributed by atoms with Crippen LogP contribution < -0.4 is 26.4 Å². The zero-order valence-corrected chi connectivity index (χ0v) is 22.2. The highest BCUT2D eigenvalue weighted by Crippen LogP contribution is 2.56. The predicted molar refractivity (Wildman–Crippen MR) is 134 cm³/mol. The van der Waals surface area contributed by atoms with E-state index in [-0.39, 0.29) is 5.56 Å². The number of aromatic amines is 1. The Bertz CT molecular complexity index is 1530. The first-order valence-corrected chi connectivity index (χ1v) is 14.8. The molecule has 1 aromatic heterocycles. The number of rotatable bonds is 10. The number of aliphatic hydroxyl groups is 1. The van der Waals surface area contributed by atoms with Crippen LogP contribution in [0.2, 0.25) is 0 Å². The molecule has 0 radical (unpaired) electrons. The van der Waals surface area contributed by atoms with Crippen LogP contribution in [0.1, 0.15) is 11.8 Å². The molecular weight excluding hydrogens is 572 g/mol. The molecule has 1 amide bonds. The fourth-order valence-corrected chi connectivity index (χ4v) is 6.45. The Morgan fingerprint density at radius 2 is 1.70 bits per heavy atom. The van der Waals surface area contributed by atoms with Crippen LogP contribution in [0.3, 0.4) is 0 Å². The number of phosphoric acid groups is 1. The van der Waals surface area contributed by atoms with Gasteiger partial charge in [-0.25, -0.2) is 9.59 Å². The van der Waals surface area contributed by atoms with Gasteiger partial charge in [0.1, 0.15) is 19.8 Å². The number of hydrogen-bond donors (Lipinski definition) is 3. The maximum absolute atomic E-state index is 12.5. The Morgan fingerprint density at radius 1 is 1.05 bits per heavy atom. The zero-order chi connectivity index (χ0) is 28.9. The van der Waals surface area contributed by atoms with Gasteiger partial charge in [0.05, 0.1) is 6.61 Å². The number of phosphoric ester groups is 1. The number of anilines is 1. The Balaban J connectivity index is 1.49. The van der Waals surface area contributed by atoms with Crippen molar-refractivity contribution in [1.82, 2.24) is 9.55 Å². The van der Waals surface area contributed by atoms with E-state index in [4.69, 9.17) is 14.0 Å². The van der Waals surface area contributed by atoms with Crippen LogP contribution in [-0.2, 0) is 33.6 Å². The van der Waals surface area contributed by atoms with Crippen molar-refractivity contribution in [2.45, 2.75) is 30.7 Å². The number of ether oxygens (including phenoxy) is 2. The minimum atomic E-state index is -5.51. The molecule has 6 atom stereocenters. The molecule has 214 valence electrons. The minimum Gasteiger partial charge on any atom is -0.778 e. The Hall–Kier alpha value is -3.39. The van der Waals surface area contributed by atoms with Crippen molar-refractivity contribution < 1.29 is 47.1 Å². The van der Waals surface area contributed by atoms with Crippen LogP contribution in [0.5, 0.6) is 0 Å². The van der Waals surface area contributed by atoms with Gasteiger partial charge in [0.25, 0.3) is 13.4 Å². The zero-order valence-electron chi connectivity index (χ0n) is 20.4. The molecule has 1 fully saturated rings. The number of nitrogens with zero attached hydrogens (tertiary/aromatic N) is 1. The molecule has 40 heavy (non-hydrogen) atoms. The number of amides is 1. The molecule has 1 saturated heterocycles. The van der Waals surface area contributed by atoms with E-state index in [0.717, 1.165) is 16.8 Å². The number of aliphatic hydroxyl groups excluding tert-OH is 1. The largest absolute Gasteiger partial charge is 0.778 e. The molecule has 1 aliphatic rings. The van der Waals surface area contributed by atoms with E-state index in [1.54, 1.807) is 48.5 Å². The smallest absolute Gasteiger partial charge is 0.412 e. The van der Waals surface area contributed by atoms with Crippen LogP contribution in [0.25, 0.3) is 0 Å². The summed E-state index contributed by atoms with van der Waals surface area (Å²) in [6.45, 7) is -0.971. The highest BCUT2D eigenvalue weighted by atomic mass is 31.3. The standard InChI is InChI=1S/C23H25N3O12P2/c27-18-11-12-26(22(29)25-18)21-19(28)20(37-23(30)24-16-9-5-2-6-10-16)17(36-21)13-35-40(33,34)38-39(31,32)14-15-7-3-1-4-8-15/h1-12,17,19-21,28H,13-14H2,(H,24,30)(H,31,32)(H,33,34)(H,25,27,29)/p-2/t17-,19+,20?,21-/m1/s1. The third kappa shape index (κ3) is 7.84. The molecule has 2 heterocycles. The van der Waals surface area contributed by atoms with E-state index in [1.165, 1.54) is 12.1 Å². The van der Waals surface area contributed by atoms with E-state index in [2.05, 4.69) is 9.63 Å². The molecule has 0 saturated carbocycles. The van der Waals surface area contributed by atoms with Gasteiger partial charge in [-0.15, -0.1) is 0 Å². The number of hydrogen-bond acceptors (Lipinski definition) is 12. The lowest BCUT2D eigenvalue weighted by atomic mass is 10.1. The van der Waals surface area contributed by atoms with Crippen LogP contribution in [0.15, 0.2) is 82.5 Å². The second-order valence-electron chi connectivity index (χ2n) is 8.51. The Morgan fingerprint density at radius 3 is 2.35 bits per heavy atom. The van der Waals surface area contributed by atoms with Crippen LogP contribution in [0.4, 0.5) is 10.5 Å². The van der Waals surface area contributed by atoms with Gasteiger partial charge in [0.2, 0.25) is 0 Å². The van der Waals surface area contributed by atoms with Gasteiger partial charge < -0.3 is 33.5 Å². The van der Waals surface area contributed by atoms with E-state index in [9.17, 15) is 38.4 Å². The van der Waals surface area contributed by atoms with Crippen molar-refractivity contribution in [1.29, 1.82) is 0 Å². The first-order valence-electron chi connectivity index (χ1n) is 11.6. The van der Waals surface area contributed by atoms with Gasteiger partial charge in [-0.05, 0) is 17.7 Å². The maximum atomic E-state index is 12.5. The maximum Gasteiger partial charge on any atom is 0.412 e. The second kappa shape index (κ2) is 12.4. The summed E-state index contributed by atoms with van der Waals surface area (Å²) in [6, 6.07) is 16.7. The summed E-state index contributed by atoms with van der Waals surface area (Å²) in [5, 5.41) is 13.3. The summed E-state index contributed by atoms with van der Waals surface area (Å²) < 4.78 is 45.3. The topological polar surface area (TPSA) is 221 Å². The number of aromatic nitrogens is 2. The third-order valence-electron chi connectivity index (χ3n) is 5.54. The number of carbonyl (C=O) groups is 1. The highest BCUT2D eigenvalue weighted by Gasteiger charge is 2.48. The highest BCUT2D eigenvalue weighted by molar-refractivity contribution is 7.62. The molecule has 17 heteroatoms. The molecule has 3 N–H and O–H groups in total. The predicted octanol–water partition coefficient (Wildman–Crippen LogP) is 0.667. The molecular formula is C23H23N3O12P2-2. The van der Waals surface area contributed by atoms with Crippen LogP contribution in [0, 0.1) is 0 Å². The van der Waals surface area contributed by atoms with Crippen molar-refractivity contribution in [3.05, 3.63) is 99.3 Å². The molecule has 1 aliphatic heterocycles. The molecule has 0 aliphatic carbocycles. The van der Waals surface area contributed by atoms with Crippen molar-refractivity contribution in [3.63, 3.8) is 0 Å². The van der Waals surface area contributed by atoms with E-state index in [1.807, 2.05) is 4.98 Å². The molecule has 15 nitrogen and oxygen atoms in total. The van der Waals surface area contributed by atoms with Gasteiger partial charge >= 0.3 is 11.8 Å². The van der Waals surface area contributed by atoms with Crippen molar-refractivity contribution >= 4 is 27.2 Å². The molecule has 4 rings (SSSR count). The lowest BCUT2D eigenvalue weighted by Crippen LogP contribution is -2.41. The number of benzene rings is 2. The lowest BCUT2D eigenvalue weighted by molar-refractivity contribution is -0.234. The monoisotopic (exact) mass is 595 g/mol. The second-order valence-corrected chi connectivity index (χ2v) is 11.9.